The maximum absolute atomic E-state index is 12.4. The minimum atomic E-state index is -0.0303. The maximum atomic E-state index is 12.4. The molecule has 0 aliphatic rings. The molecule has 1 atom stereocenters. The van der Waals surface area contributed by atoms with E-state index in [0.29, 0.717) is 11.5 Å². The van der Waals surface area contributed by atoms with Gasteiger partial charge in [0.05, 0.1) is 22.8 Å². The highest BCUT2D eigenvalue weighted by atomic mass is 32.2. The predicted octanol–water partition coefficient (Wildman–Crippen LogP) is 3.74. The highest BCUT2D eigenvalue weighted by molar-refractivity contribution is 7.99. The first-order valence-electron chi connectivity index (χ1n) is 8.98. The number of aryl methyl sites for hydroxylation is 1. The van der Waals surface area contributed by atoms with Gasteiger partial charge in [0, 0.05) is 0 Å². The van der Waals surface area contributed by atoms with Gasteiger partial charge in [0.15, 0.2) is 5.16 Å². The summed E-state index contributed by atoms with van der Waals surface area (Å²) in [5.74, 6) is 0.959. The van der Waals surface area contributed by atoms with Crippen molar-refractivity contribution < 1.29 is 4.79 Å². The number of nitrogens with zero attached hydrogens (tertiary/aromatic N) is 3. The van der Waals surface area contributed by atoms with Gasteiger partial charge in [-0.15, -0.1) is 5.10 Å². The summed E-state index contributed by atoms with van der Waals surface area (Å²) in [6.45, 7) is 4.13. The molecule has 2 aromatic carbocycles. The topological polar surface area (TPSA) is 75.1 Å². The molecule has 7 heteroatoms. The minimum absolute atomic E-state index is 0.0207. The molecule has 2 aromatic heterocycles. The minimum Gasteiger partial charge on any atom is -0.349 e. The largest absolute Gasteiger partial charge is 0.349 e. The number of rotatable bonds is 6. The Balaban J connectivity index is 1.42. The van der Waals surface area contributed by atoms with Crippen LogP contribution in [-0.2, 0) is 11.2 Å². The van der Waals surface area contributed by atoms with Gasteiger partial charge in [-0.3, -0.25) is 9.20 Å². The van der Waals surface area contributed by atoms with Crippen LogP contribution in [0.1, 0.15) is 31.0 Å². The molecule has 4 rings (SSSR count). The summed E-state index contributed by atoms with van der Waals surface area (Å²) in [7, 11) is 0. The van der Waals surface area contributed by atoms with Gasteiger partial charge in [-0.2, -0.15) is 0 Å². The molecular weight excluding hydrogens is 358 g/mol. The zero-order valence-corrected chi connectivity index (χ0v) is 16.1. The van der Waals surface area contributed by atoms with Crippen LogP contribution in [0.4, 0.5) is 0 Å². The summed E-state index contributed by atoms with van der Waals surface area (Å²) in [6, 6.07) is 16.2. The van der Waals surface area contributed by atoms with Crippen molar-refractivity contribution in [2.45, 2.75) is 31.5 Å². The fourth-order valence-corrected chi connectivity index (χ4v) is 3.85. The molecule has 138 valence electrons. The van der Waals surface area contributed by atoms with E-state index in [0.717, 1.165) is 28.2 Å². The second kappa shape index (κ2) is 7.44. The lowest BCUT2D eigenvalue weighted by Crippen LogP contribution is -2.28. The Morgan fingerprint density at radius 3 is 2.78 bits per heavy atom. The molecule has 0 saturated carbocycles. The Bertz CT molecular complexity index is 1080. The summed E-state index contributed by atoms with van der Waals surface area (Å²) in [5, 5.41) is 11.0. The Labute approximate surface area is 161 Å². The van der Waals surface area contributed by atoms with Crippen molar-refractivity contribution in [3.8, 4) is 0 Å². The third-order valence-electron chi connectivity index (χ3n) is 4.60. The van der Waals surface area contributed by atoms with Crippen LogP contribution in [0.2, 0.25) is 0 Å². The van der Waals surface area contributed by atoms with Crippen molar-refractivity contribution >= 4 is 34.5 Å². The molecule has 0 spiro atoms. The van der Waals surface area contributed by atoms with Crippen molar-refractivity contribution in [1.82, 2.24) is 24.9 Å². The van der Waals surface area contributed by atoms with Crippen molar-refractivity contribution in [3.63, 3.8) is 0 Å². The highest BCUT2D eigenvalue weighted by Crippen LogP contribution is 2.23. The van der Waals surface area contributed by atoms with Crippen molar-refractivity contribution in [2.75, 3.05) is 5.75 Å². The van der Waals surface area contributed by atoms with Crippen LogP contribution in [0.15, 0.2) is 53.7 Å². The van der Waals surface area contributed by atoms with E-state index in [-0.39, 0.29) is 11.9 Å². The lowest BCUT2D eigenvalue weighted by molar-refractivity contribution is -0.119. The Hall–Kier alpha value is -2.80. The third-order valence-corrected chi connectivity index (χ3v) is 5.54. The number of para-hydroxylation sites is 2. The molecule has 27 heavy (non-hydrogen) atoms. The van der Waals surface area contributed by atoms with Crippen molar-refractivity contribution in [3.05, 3.63) is 59.7 Å². The average molecular weight is 379 g/mol. The third kappa shape index (κ3) is 3.55. The van der Waals surface area contributed by atoms with Crippen molar-refractivity contribution in [1.29, 1.82) is 0 Å². The molecule has 2 heterocycles. The number of amides is 1. The summed E-state index contributed by atoms with van der Waals surface area (Å²) in [5.41, 5.74) is 4.28. The fourth-order valence-electron chi connectivity index (χ4n) is 3.08. The summed E-state index contributed by atoms with van der Waals surface area (Å²) in [4.78, 5) is 16.9. The molecule has 4 aromatic rings. The molecule has 0 bridgehead atoms. The quantitative estimate of drug-likeness (QED) is 0.501. The van der Waals surface area contributed by atoms with Crippen LogP contribution in [0, 0.1) is 0 Å². The number of imidazole rings is 1. The first-order valence-corrected chi connectivity index (χ1v) is 9.97. The van der Waals surface area contributed by atoms with Gasteiger partial charge in [0.1, 0.15) is 0 Å². The first kappa shape index (κ1) is 17.6. The zero-order valence-electron chi connectivity index (χ0n) is 15.3. The SMILES string of the molecule is CCc1ccc(C(C)NC(=O)CSc2n[nH]c3nc4ccccc4n23)cc1. The van der Waals surface area contributed by atoms with E-state index in [2.05, 4.69) is 51.7 Å². The Morgan fingerprint density at radius 1 is 1.22 bits per heavy atom. The van der Waals surface area contributed by atoms with E-state index in [9.17, 15) is 4.79 Å². The van der Waals surface area contributed by atoms with E-state index in [1.165, 1.54) is 17.3 Å². The maximum Gasteiger partial charge on any atom is 0.231 e. The number of benzene rings is 2. The Morgan fingerprint density at radius 2 is 2.00 bits per heavy atom. The smallest absolute Gasteiger partial charge is 0.231 e. The summed E-state index contributed by atoms with van der Waals surface area (Å²) in [6.07, 6.45) is 1.01. The summed E-state index contributed by atoms with van der Waals surface area (Å²) < 4.78 is 1.94. The highest BCUT2D eigenvalue weighted by Gasteiger charge is 2.15. The number of H-pyrrole nitrogens is 1. The lowest BCUT2D eigenvalue weighted by Gasteiger charge is -2.14. The first-order chi connectivity index (χ1) is 13.2. The van der Waals surface area contributed by atoms with Gasteiger partial charge in [-0.25, -0.2) is 10.1 Å². The van der Waals surface area contributed by atoms with E-state index >= 15 is 0 Å². The van der Waals surface area contributed by atoms with Crippen LogP contribution in [-0.4, -0.2) is 31.2 Å². The predicted molar refractivity (Wildman–Crippen MR) is 108 cm³/mol. The van der Waals surface area contributed by atoms with Gasteiger partial charge in [-0.05, 0) is 36.6 Å². The number of nitrogens with one attached hydrogen (secondary N) is 2. The van der Waals surface area contributed by atoms with Gasteiger partial charge in [-0.1, -0.05) is 55.1 Å². The van der Waals surface area contributed by atoms with E-state index in [1.54, 1.807) is 0 Å². The van der Waals surface area contributed by atoms with E-state index in [1.807, 2.05) is 35.6 Å². The molecule has 6 nitrogen and oxygen atoms in total. The van der Waals surface area contributed by atoms with Crippen LogP contribution >= 0.6 is 11.8 Å². The molecule has 1 amide bonds. The fraction of sp³-hybridized carbons (Fsp3) is 0.250. The number of aromatic amines is 1. The van der Waals surface area contributed by atoms with Gasteiger partial charge >= 0.3 is 0 Å². The monoisotopic (exact) mass is 379 g/mol. The number of hydrogen-bond acceptors (Lipinski definition) is 4. The molecular formula is C20H21N5OS. The van der Waals surface area contributed by atoms with Gasteiger partial charge < -0.3 is 5.32 Å². The van der Waals surface area contributed by atoms with Gasteiger partial charge in [0.25, 0.3) is 0 Å². The van der Waals surface area contributed by atoms with Crippen LogP contribution < -0.4 is 5.32 Å². The number of carbonyl (C=O) groups excluding carboxylic acids is 1. The average Bonchev–Trinajstić information content (AvgIpc) is 3.25. The summed E-state index contributed by atoms with van der Waals surface area (Å²) >= 11 is 1.40. The van der Waals surface area contributed by atoms with E-state index in [4.69, 9.17) is 0 Å². The molecule has 0 radical (unpaired) electrons. The zero-order chi connectivity index (χ0) is 18.8. The molecule has 0 aliphatic heterocycles. The number of aromatic nitrogens is 4. The van der Waals surface area contributed by atoms with Crippen LogP contribution in [0.5, 0.6) is 0 Å². The van der Waals surface area contributed by atoms with Crippen molar-refractivity contribution in [2.24, 2.45) is 0 Å². The number of carbonyl (C=O) groups is 1. The van der Waals surface area contributed by atoms with Crippen LogP contribution in [0.3, 0.4) is 0 Å². The molecule has 0 saturated heterocycles. The Kier molecular flexibility index (Phi) is 4.85. The second-order valence-electron chi connectivity index (χ2n) is 6.44. The number of fused-ring (bicyclic) bond motifs is 3. The lowest BCUT2D eigenvalue weighted by atomic mass is 10.1. The molecule has 0 aliphatic carbocycles. The van der Waals surface area contributed by atoms with E-state index < -0.39 is 0 Å². The van der Waals surface area contributed by atoms with Crippen LogP contribution in [0.25, 0.3) is 16.8 Å². The molecule has 0 fully saturated rings. The standard InChI is InChI=1S/C20H21N5OS/c1-3-14-8-10-15(11-9-14)13(2)21-18(26)12-27-20-24-23-19-22-16-6-4-5-7-17(16)25(19)20/h4-11,13H,3,12H2,1-2H3,(H,21,26)(H,22,23). The molecule has 1 unspecified atom stereocenters. The normalized spacial score (nSPS) is 12.5. The molecule has 2 N–H and O–H groups in total. The number of thioether (sulfide) groups is 1. The number of hydrogen-bond donors (Lipinski definition) is 2. The second-order valence-corrected chi connectivity index (χ2v) is 7.38. The van der Waals surface area contributed by atoms with Gasteiger partial charge in [0.2, 0.25) is 11.7 Å².